The quantitative estimate of drug-likeness (QED) is 0.194. The average molecular weight is 575 g/mol. The van der Waals surface area contributed by atoms with Gasteiger partial charge in [-0.25, -0.2) is 14.8 Å². The molecule has 0 spiro atoms. The molecule has 3 aromatic rings. The Balaban J connectivity index is 1.49. The number of fused-ring (bicyclic) bond motifs is 2. The van der Waals surface area contributed by atoms with E-state index in [1.807, 2.05) is 57.4 Å². The highest BCUT2D eigenvalue weighted by Crippen LogP contribution is 2.37. The zero-order valence-electron chi connectivity index (χ0n) is 23.8. The molecular weight excluding hydrogens is 540 g/mol. The monoisotopic (exact) mass is 574 g/mol. The molecule has 1 unspecified atom stereocenters. The van der Waals surface area contributed by atoms with Gasteiger partial charge in [-0.15, -0.1) is 0 Å². The Labute approximate surface area is 243 Å². The van der Waals surface area contributed by atoms with E-state index >= 15 is 0 Å². The number of amides is 1. The van der Waals surface area contributed by atoms with E-state index in [0.717, 1.165) is 33.5 Å². The van der Waals surface area contributed by atoms with Gasteiger partial charge in [0.05, 0.1) is 36.2 Å². The van der Waals surface area contributed by atoms with Gasteiger partial charge in [-0.2, -0.15) is 5.26 Å². The Bertz CT molecular complexity index is 1530. The molecule has 41 heavy (non-hydrogen) atoms. The number of carbonyl (C=O) groups is 2. The standard InChI is InChI=1S/C30H34N6O4S/c1-30(2,3)27(37)40-21-15-19-7-5-6-8-22(19)25(16-21)34-12-10-23-24(18-34)32-28(41-4)33-26(23)35-13-14-36(29(38)39)20(17-35)9-11-31/h5-8,15-16,20H,9-10,12-14,17-18H2,1-4H3,(H,38,39). The van der Waals surface area contributed by atoms with Crippen LogP contribution in [0.4, 0.5) is 16.3 Å². The summed E-state index contributed by atoms with van der Waals surface area (Å²) in [6, 6.07) is 13.6. The van der Waals surface area contributed by atoms with E-state index in [0.29, 0.717) is 50.1 Å². The van der Waals surface area contributed by atoms with Gasteiger partial charge >= 0.3 is 12.1 Å². The van der Waals surface area contributed by atoms with Crippen molar-refractivity contribution in [3.63, 3.8) is 0 Å². The summed E-state index contributed by atoms with van der Waals surface area (Å²) in [5.41, 5.74) is 2.32. The highest BCUT2D eigenvalue weighted by Gasteiger charge is 2.34. The van der Waals surface area contributed by atoms with Gasteiger partial charge in [0.1, 0.15) is 11.6 Å². The first-order valence-electron chi connectivity index (χ1n) is 13.6. The highest BCUT2D eigenvalue weighted by molar-refractivity contribution is 7.98. The number of aromatic nitrogens is 2. The molecule has 0 bridgehead atoms. The number of thioether (sulfide) groups is 1. The van der Waals surface area contributed by atoms with Crippen molar-refractivity contribution < 1.29 is 19.4 Å². The van der Waals surface area contributed by atoms with Crippen LogP contribution in [-0.4, -0.2) is 70.5 Å². The Hall–Kier alpha value is -4.04. The van der Waals surface area contributed by atoms with E-state index in [4.69, 9.17) is 14.7 Å². The number of nitriles is 1. The maximum atomic E-state index is 12.7. The van der Waals surface area contributed by atoms with E-state index < -0.39 is 17.6 Å². The molecular formula is C30H34N6O4S. The first kappa shape index (κ1) is 28.5. The lowest BCUT2D eigenvalue weighted by Crippen LogP contribution is -2.55. The molecule has 10 nitrogen and oxygen atoms in total. The van der Waals surface area contributed by atoms with Crippen LogP contribution in [0.2, 0.25) is 0 Å². The van der Waals surface area contributed by atoms with Crippen molar-refractivity contribution in [3.05, 3.63) is 47.7 Å². The van der Waals surface area contributed by atoms with Crippen molar-refractivity contribution in [3.8, 4) is 11.8 Å². The van der Waals surface area contributed by atoms with Crippen LogP contribution in [0.1, 0.15) is 38.4 Å². The number of piperazine rings is 1. The second-order valence-electron chi connectivity index (χ2n) is 11.4. The SMILES string of the molecule is CSc1nc2c(c(N3CCN(C(=O)O)C(CC#N)C3)n1)CCN(c1cc(OC(=O)C(C)(C)C)cc3ccccc13)C2. The van der Waals surface area contributed by atoms with Crippen LogP contribution in [0.25, 0.3) is 10.8 Å². The molecule has 1 saturated heterocycles. The van der Waals surface area contributed by atoms with Crippen molar-refractivity contribution in [1.82, 2.24) is 14.9 Å². The fourth-order valence-corrected chi connectivity index (χ4v) is 5.75. The lowest BCUT2D eigenvalue weighted by atomic mass is 9.97. The Morgan fingerprint density at radius 3 is 2.63 bits per heavy atom. The second kappa shape index (κ2) is 11.4. The number of hydrogen-bond acceptors (Lipinski definition) is 9. The zero-order valence-corrected chi connectivity index (χ0v) is 24.6. The summed E-state index contributed by atoms with van der Waals surface area (Å²) < 4.78 is 5.81. The molecule has 1 amide bonds. The second-order valence-corrected chi connectivity index (χ2v) is 12.1. The number of esters is 1. The number of rotatable bonds is 5. The summed E-state index contributed by atoms with van der Waals surface area (Å²) in [5, 5.41) is 21.6. The third-order valence-corrected chi connectivity index (χ3v) is 8.09. The zero-order chi connectivity index (χ0) is 29.3. The highest BCUT2D eigenvalue weighted by atomic mass is 32.2. The van der Waals surface area contributed by atoms with Gasteiger partial charge in [0, 0.05) is 48.9 Å². The van der Waals surface area contributed by atoms with Crippen LogP contribution in [0.5, 0.6) is 5.75 Å². The Morgan fingerprint density at radius 2 is 1.93 bits per heavy atom. The number of anilines is 2. The number of benzene rings is 2. The fraction of sp³-hybridized carbons (Fsp3) is 0.433. The molecule has 2 aliphatic heterocycles. The third kappa shape index (κ3) is 5.88. The summed E-state index contributed by atoms with van der Waals surface area (Å²) >= 11 is 1.47. The van der Waals surface area contributed by atoms with Crippen molar-refractivity contribution in [2.45, 2.75) is 51.4 Å². The van der Waals surface area contributed by atoms with E-state index in [-0.39, 0.29) is 12.4 Å². The van der Waals surface area contributed by atoms with E-state index in [9.17, 15) is 20.0 Å². The van der Waals surface area contributed by atoms with Gasteiger partial charge in [-0.3, -0.25) is 4.79 Å². The predicted molar refractivity (Wildman–Crippen MR) is 159 cm³/mol. The average Bonchev–Trinajstić information content (AvgIpc) is 2.95. The molecule has 0 aliphatic carbocycles. The molecule has 1 N–H and O–H groups in total. The molecule has 1 atom stereocenters. The number of carbonyl (C=O) groups excluding carboxylic acids is 1. The summed E-state index contributed by atoms with van der Waals surface area (Å²) in [6.45, 7) is 7.99. The van der Waals surface area contributed by atoms with Crippen LogP contribution in [0.3, 0.4) is 0 Å². The van der Waals surface area contributed by atoms with Gasteiger partial charge in [0.2, 0.25) is 0 Å². The number of carboxylic acid groups (broad SMARTS) is 1. The Kier molecular flexibility index (Phi) is 7.95. The number of nitrogens with zero attached hydrogens (tertiary/aromatic N) is 6. The van der Waals surface area contributed by atoms with Gasteiger partial charge in [0.25, 0.3) is 0 Å². The molecule has 214 valence electrons. The molecule has 1 aromatic heterocycles. The first-order valence-corrected chi connectivity index (χ1v) is 14.9. The maximum Gasteiger partial charge on any atom is 0.407 e. The largest absolute Gasteiger partial charge is 0.465 e. The molecule has 2 aromatic carbocycles. The Morgan fingerprint density at radius 1 is 1.15 bits per heavy atom. The minimum absolute atomic E-state index is 0.127. The van der Waals surface area contributed by atoms with Gasteiger partial charge in [-0.1, -0.05) is 36.0 Å². The maximum absolute atomic E-state index is 12.7. The number of ether oxygens (including phenoxy) is 1. The molecule has 1 fully saturated rings. The lowest BCUT2D eigenvalue weighted by Gasteiger charge is -2.41. The molecule has 5 rings (SSSR count). The summed E-state index contributed by atoms with van der Waals surface area (Å²) in [4.78, 5) is 39.9. The molecule has 0 radical (unpaired) electrons. The fourth-order valence-electron chi connectivity index (χ4n) is 5.37. The smallest absolute Gasteiger partial charge is 0.407 e. The van der Waals surface area contributed by atoms with Crippen LogP contribution in [0.15, 0.2) is 41.6 Å². The summed E-state index contributed by atoms with van der Waals surface area (Å²) in [7, 11) is 0. The topological polar surface area (TPSA) is 123 Å². The molecule has 3 heterocycles. The molecule has 0 saturated carbocycles. The van der Waals surface area contributed by atoms with E-state index in [1.165, 1.54) is 16.7 Å². The summed E-state index contributed by atoms with van der Waals surface area (Å²) in [6.07, 6.45) is 1.76. The minimum atomic E-state index is -1.00. The van der Waals surface area contributed by atoms with E-state index in [1.54, 1.807) is 0 Å². The van der Waals surface area contributed by atoms with Crippen LogP contribution < -0.4 is 14.5 Å². The van der Waals surface area contributed by atoms with Crippen molar-refractivity contribution >= 4 is 46.1 Å². The van der Waals surface area contributed by atoms with Crippen molar-refractivity contribution in [2.75, 3.05) is 42.2 Å². The van der Waals surface area contributed by atoms with Crippen LogP contribution >= 0.6 is 11.8 Å². The normalized spacial score (nSPS) is 17.2. The van der Waals surface area contributed by atoms with Crippen molar-refractivity contribution in [1.29, 1.82) is 5.26 Å². The molecule has 11 heteroatoms. The number of hydrogen-bond donors (Lipinski definition) is 1. The third-order valence-electron chi connectivity index (χ3n) is 7.54. The van der Waals surface area contributed by atoms with Crippen LogP contribution in [-0.2, 0) is 17.8 Å². The minimum Gasteiger partial charge on any atom is -0.465 e. The van der Waals surface area contributed by atoms with Gasteiger partial charge in [0.15, 0.2) is 5.16 Å². The lowest BCUT2D eigenvalue weighted by molar-refractivity contribution is -0.142. The predicted octanol–water partition coefficient (Wildman–Crippen LogP) is 4.95. The van der Waals surface area contributed by atoms with Gasteiger partial charge < -0.3 is 24.5 Å². The summed E-state index contributed by atoms with van der Waals surface area (Å²) in [5.74, 6) is 1.05. The van der Waals surface area contributed by atoms with Crippen LogP contribution in [0, 0.1) is 16.7 Å². The molecule has 2 aliphatic rings. The first-order chi connectivity index (χ1) is 19.6. The van der Waals surface area contributed by atoms with E-state index in [2.05, 4.69) is 21.9 Å². The van der Waals surface area contributed by atoms with Crippen molar-refractivity contribution in [2.24, 2.45) is 5.41 Å². The van der Waals surface area contributed by atoms with Gasteiger partial charge in [-0.05, 0) is 44.9 Å².